The van der Waals surface area contributed by atoms with Crippen LogP contribution in [0.15, 0.2) is 58.3 Å². The Bertz CT molecular complexity index is 1290. The summed E-state index contributed by atoms with van der Waals surface area (Å²) in [5.74, 6) is 1.15. The van der Waals surface area contributed by atoms with E-state index in [0.717, 1.165) is 17.1 Å². The number of aryl methyl sites for hydroxylation is 1. The maximum Gasteiger partial charge on any atom is 0.337 e. The number of methoxy groups -OCH3 is 1. The molecule has 0 bridgehead atoms. The van der Waals surface area contributed by atoms with E-state index in [9.17, 15) is 9.59 Å². The van der Waals surface area contributed by atoms with Crippen LogP contribution in [0.4, 0.5) is 0 Å². The molecule has 33 heavy (non-hydrogen) atoms. The molecule has 0 aliphatic carbocycles. The van der Waals surface area contributed by atoms with Crippen LogP contribution in [0.2, 0.25) is 0 Å². The van der Waals surface area contributed by atoms with Crippen molar-refractivity contribution in [1.82, 2.24) is 19.3 Å². The van der Waals surface area contributed by atoms with Crippen LogP contribution in [-0.4, -0.2) is 43.9 Å². The average molecular weight is 465 g/mol. The molecule has 0 amide bonds. The Morgan fingerprint density at radius 2 is 1.88 bits per heavy atom. The predicted octanol–water partition coefficient (Wildman–Crippen LogP) is 4.73. The van der Waals surface area contributed by atoms with Gasteiger partial charge in [-0.1, -0.05) is 11.8 Å². The summed E-state index contributed by atoms with van der Waals surface area (Å²) < 4.78 is 14.1. The summed E-state index contributed by atoms with van der Waals surface area (Å²) in [5, 5.41) is 9.15. The highest BCUT2D eigenvalue weighted by Crippen LogP contribution is 2.27. The molecule has 0 spiro atoms. The van der Waals surface area contributed by atoms with Crippen molar-refractivity contribution in [2.45, 2.75) is 32.5 Å². The van der Waals surface area contributed by atoms with E-state index >= 15 is 0 Å². The van der Waals surface area contributed by atoms with Gasteiger partial charge in [-0.15, -0.1) is 10.2 Å². The Labute approximate surface area is 195 Å². The molecule has 0 saturated carbocycles. The monoisotopic (exact) mass is 464 g/mol. The molecule has 1 aromatic carbocycles. The third-order valence-electron chi connectivity index (χ3n) is 5.39. The smallest absolute Gasteiger partial charge is 0.337 e. The number of carbonyl (C=O) groups excluding carboxylic acids is 2. The zero-order valence-electron chi connectivity index (χ0n) is 18.9. The van der Waals surface area contributed by atoms with Gasteiger partial charge in [-0.3, -0.25) is 9.36 Å². The average Bonchev–Trinajstić information content (AvgIpc) is 3.56. The second-order valence-corrected chi connectivity index (χ2v) is 8.34. The lowest BCUT2D eigenvalue weighted by molar-refractivity contribution is 0.0600. The van der Waals surface area contributed by atoms with Crippen LogP contribution >= 0.6 is 11.8 Å². The zero-order chi connectivity index (χ0) is 23.5. The molecular weight excluding hydrogens is 440 g/mol. The number of carbonyl (C=O) groups is 2. The summed E-state index contributed by atoms with van der Waals surface area (Å²) in [6.45, 7) is 6.54. The number of furan rings is 1. The van der Waals surface area contributed by atoms with Gasteiger partial charge in [0.2, 0.25) is 0 Å². The standard InChI is InChI=1S/C24H24N4O4S/c1-5-27-22(21-7-6-12-32-21)25-26-24(27)33-14-20(29)19-13-15(2)28(16(19)3)18-10-8-17(9-11-18)23(30)31-4/h6-13H,5,14H2,1-4H3. The quantitative estimate of drug-likeness (QED) is 0.211. The van der Waals surface area contributed by atoms with E-state index in [2.05, 4.69) is 10.2 Å². The van der Waals surface area contributed by atoms with Crippen molar-refractivity contribution in [2.75, 3.05) is 12.9 Å². The number of Topliss-reactive ketones (excluding diaryl/α,β-unsaturated/α-hetero) is 1. The molecule has 0 saturated heterocycles. The lowest BCUT2D eigenvalue weighted by atomic mass is 10.2. The molecule has 4 aromatic rings. The minimum Gasteiger partial charge on any atom is -0.465 e. The first kappa shape index (κ1) is 22.6. The second-order valence-electron chi connectivity index (χ2n) is 7.40. The third kappa shape index (κ3) is 4.36. The van der Waals surface area contributed by atoms with Crippen LogP contribution in [0.1, 0.15) is 39.0 Å². The Kier molecular flexibility index (Phi) is 6.50. The summed E-state index contributed by atoms with van der Waals surface area (Å²) in [6, 6.07) is 12.6. The van der Waals surface area contributed by atoms with Gasteiger partial charge >= 0.3 is 5.97 Å². The summed E-state index contributed by atoms with van der Waals surface area (Å²) in [6.07, 6.45) is 1.60. The highest BCUT2D eigenvalue weighted by atomic mass is 32.2. The Morgan fingerprint density at radius 1 is 1.12 bits per heavy atom. The van der Waals surface area contributed by atoms with E-state index in [0.29, 0.717) is 34.4 Å². The van der Waals surface area contributed by atoms with Gasteiger partial charge in [0.15, 0.2) is 22.5 Å². The molecule has 0 atom stereocenters. The van der Waals surface area contributed by atoms with Crippen LogP contribution in [0.25, 0.3) is 17.3 Å². The Hall–Kier alpha value is -3.59. The fourth-order valence-electron chi connectivity index (χ4n) is 3.78. The maximum absolute atomic E-state index is 13.1. The largest absolute Gasteiger partial charge is 0.465 e. The van der Waals surface area contributed by atoms with Crippen LogP contribution in [0.5, 0.6) is 0 Å². The van der Waals surface area contributed by atoms with Gasteiger partial charge in [0, 0.05) is 29.2 Å². The van der Waals surface area contributed by atoms with Gasteiger partial charge in [0.1, 0.15) is 0 Å². The number of aromatic nitrogens is 4. The number of esters is 1. The molecule has 0 fully saturated rings. The number of hydrogen-bond donors (Lipinski definition) is 0. The lowest BCUT2D eigenvalue weighted by Crippen LogP contribution is -2.07. The molecule has 0 unspecified atom stereocenters. The molecule has 170 valence electrons. The van der Waals surface area contributed by atoms with Crippen molar-refractivity contribution in [3.05, 3.63) is 71.2 Å². The van der Waals surface area contributed by atoms with Crippen molar-refractivity contribution in [1.29, 1.82) is 0 Å². The van der Waals surface area contributed by atoms with Gasteiger partial charge in [-0.05, 0) is 63.2 Å². The Morgan fingerprint density at radius 3 is 2.52 bits per heavy atom. The minimum absolute atomic E-state index is 0.00994. The van der Waals surface area contributed by atoms with Crippen molar-refractivity contribution >= 4 is 23.5 Å². The van der Waals surface area contributed by atoms with Crippen molar-refractivity contribution in [3.63, 3.8) is 0 Å². The lowest BCUT2D eigenvalue weighted by Gasteiger charge is -2.10. The summed E-state index contributed by atoms with van der Waals surface area (Å²) in [4.78, 5) is 24.8. The third-order valence-corrected chi connectivity index (χ3v) is 6.35. The molecule has 0 aliphatic heterocycles. The predicted molar refractivity (Wildman–Crippen MR) is 125 cm³/mol. The van der Waals surface area contributed by atoms with E-state index in [1.165, 1.54) is 18.9 Å². The topological polar surface area (TPSA) is 92.2 Å². The highest BCUT2D eigenvalue weighted by molar-refractivity contribution is 7.99. The first-order valence-corrected chi connectivity index (χ1v) is 11.4. The number of hydrogen-bond acceptors (Lipinski definition) is 7. The Balaban J connectivity index is 1.53. The first-order valence-electron chi connectivity index (χ1n) is 10.4. The van der Waals surface area contributed by atoms with Crippen LogP contribution in [-0.2, 0) is 11.3 Å². The first-order chi connectivity index (χ1) is 15.9. The molecule has 4 rings (SSSR count). The van der Waals surface area contributed by atoms with Gasteiger partial charge in [0.25, 0.3) is 0 Å². The second kappa shape index (κ2) is 9.50. The fourth-order valence-corrected chi connectivity index (χ4v) is 4.67. The van der Waals surface area contributed by atoms with E-state index in [1.54, 1.807) is 24.5 Å². The van der Waals surface area contributed by atoms with Gasteiger partial charge < -0.3 is 13.7 Å². The number of thioether (sulfide) groups is 1. The number of rotatable bonds is 8. The molecule has 3 aromatic heterocycles. The van der Waals surface area contributed by atoms with Crippen LogP contribution in [0.3, 0.4) is 0 Å². The van der Waals surface area contributed by atoms with Gasteiger partial charge in [-0.2, -0.15) is 0 Å². The SMILES string of the molecule is CCn1c(SCC(=O)c2cc(C)n(-c3ccc(C(=O)OC)cc3)c2C)nnc1-c1ccco1. The van der Waals surface area contributed by atoms with Crippen molar-refractivity contribution in [2.24, 2.45) is 0 Å². The highest BCUT2D eigenvalue weighted by Gasteiger charge is 2.20. The van der Waals surface area contributed by atoms with Crippen LogP contribution in [0, 0.1) is 13.8 Å². The molecule has 0 aliphatic rings. The molecule has 3 heterocycles. The fraction of sp³-hybridized carbons (Fsp3) is 0.250. The van der Waals surface area contributed by atoms with E-state index in [1.807, 2.05) is 54.2 Å². The number of ether oxygens (including phenoxy) is 1. The summed E-state index contributed by atoms with van der Waals surface area (Å²) in [5.41, 5.74) is 3.79. The van der Waals surface area contributed by atoms with Crippen molar-refractivity contribution < 1.29 is 18.7 Å². The normalized spacial score (nSPS) is 11.0. The number of nitrogens with zero attached hydrogens (tertiary/aromatic N) is 4. The summed E-state index contributed by atoms with van der Waals surface area (Å²) in [7, 11) is 1.35. The molecule has 8 nitrogen and oxygen atoms in total. The van der Waals surface area contributed by atoms with E-state index < -0.39 is 0 Å². The molecule has 9 heteroatoms. The number of ketones is 1. The molecule has 0 radical (unpaired) electrons. The van der Waals surface area contributed by atoms with Gasteiger partial charge in [0.05, 0.1) is 24.7 Å². The van der Waals surface area contributed by atoms with Gasteiger partial charge in [-0.25, -0.2) is 4.79 Å². The van der Waals surface area contributed by atoms with E-state index in [-0.39, 0.29) is 17.5 Å². The zero-order valence-corrected chi connectivity index (χ0v) is 19.7. The van der Waals surface area contributed by atoms with E-state index in [4.69, 9.17) is 9.15 Å². The molecule has 0 N–H and O–H groups in total. The minimum atomic E-state index is -0.384. The number of benzene rings is 1. The molecular formula is C24H24N4O4S. The van der Waals surface area contributed by atoms with Crippen LogP contribution < -0.4 is 0 Å². The maximum atomic E-state index is 13.1. The summed E-state index contributed by atoms with van der Waals surface area (Å²) >= 11 is 1.36. The van der Waals surface area contributed by atoms with Crippen molar-refractivity contribution in [3.8, 4) is 17.3 Å².